The van der Waals surface area contributed by atoms with Crippen LogP contribution in [0, 0.1) is 0 Å². The van der Waals surface area contributed by atoms with Crippen LogP contribution in [-0.2, 0) is 9.53 Å². The number of hydrogen-bond donors (Lipinski definition) is 0. The van der Waals surface area contributed by atoms with Gasteiger partial charge in [-0.2, -0.15) is 0 Å². The fourth-order valence-corrected chi connectivity index (χ4v) is 5.78. The number of aromatic nitrogens is 1. The zero-order valence-electron chi connectivity index (χ0n) is 19.9. The zero-order chi connectivity index (χ0) is 25.4. The Balaban J connectivity index is 1.80. The second-order valence-electron chi connectivity index (χ2n) is 8.23. The highest BCUT2D eigenvalue weighted by atomic mass is 35.5. The van der Waals surface area contributed by atoms with Crippen molar-refractivity contribution in [1.82, 2.24) is 4.57 Å². The number of allylic oxidation sites excluding steroid dienone is 1. The van der Waals surface area contributed by atoms with E-state index >= 15 is 0 Å². The SMILES string of the molecule is CCOC(=O)C1=C(C)N=c2s/c(=C\c3c(OC)ccc4ccccc34)c(=O)n2[C@@H]1c1ccccc1Cl. The molecule has 0 saturated carbocycles. The van der Waals surface area contributed by atoms with Crippen LogP contribution in [0.5, 0.6) is 5.75 Å². The Morgan fingerprint density at radius 1 is 1.14 bits per heavy atom. The summed E-state index contributed by atoms with van der Waals surface area (Å²) in [6, 6.07) is 18.2. The van der Waals surface area contributed by atoms with Crippen LogP contribution < -0.4 is 19.6 Å². The molecule has 6 nitrogen and oxygen atoms in total. The quantitative estimate of drug-likeness (QED) is 0.362. The van der Waals surface area contributed by atoms with Gasteiger partial charge in [-0.15, -0.1) is 0 Å². The number of carbonyl (C=O) groups is 1. The first-order valence-electron chi connectivity index (χ1n) is 11.4. The molecule has 0 saturated heterocycles. The van der Waals surface area contributed by atoms with Crippen molar-refractivity contribution in [2.45, 2.75) is 19.9 Å². The van der Waals surface area contributed by atoms with Gasteiger partial charge in [0, 0.05) is 10.6 Å². The molecule has 8 heteroatoms. The molecule has 0 unspecified atom stereocenters. The molecular formula is C28H23ClN2O4S. The van der Waals surface area contributed by atoms with E-state index in [2.05, 4.69) is 4.99 Å². The van der Waals surface area contributed by atoms with Crippen LogP contribution in [0.4, 0.5) is 0 Å². The van der Waals surface area contributed by atoms with Gasteiger partial charge in [-0.3, -0.25) is 9.36 Å². The molecule has 1 aromatic heterocycles. The van der Waals surface area contributed by atoms with Crippen molar-refractivity contribution in [1.29, 1.82) is 0 Å². The Kier molecular flexibility index (Phi) is 6.51. The Bertz CT molecular complexity index is 1720. The maximum atomic E-state index is 13.9. The van der Waals surface area contributed by atoms with E-state index in [-0.39, 0.29) is 12.2 Å². The summed E-state index contributed by atoms with van der Waals surface area (Å²) < 4.78 is 13.0. The molecular weight excluding hydrogens is 496 g/mol. The summed E-state index contributed by atoms with van der Waals surface area (Å²) in [6.45, 7) is 3.70. The number of hydrogen-bond acceptors (Lipinski definition) is 6. The van der Waals surface area contributed by atoms with Gasteiger partial charge in [0.05, 0.1) is 29.5 Å². The molecule has 4 aromatic rings. The maximum Gasteiger partial charge on any atom is 0.338 e. The Morgan fingerprint density at radius 3 is 2.64 bits per heavy atom. The lowest BCUT2D eigenvalue weighted by molar-refractivity contribution is -0.139. The monoisotopic (exact) mass is 518 g/mol. The fourth-order valence-electron chi connectivity index (χ4n) is 4.52. The van der Waals surface area contributed by atoms with Crippen LogP contribution in [-0.4, -0.2) is 24.3 Å². The summed E-state index contributed by atoms with van der Waals surface area (Å²) in [7, 11) is 1.61. The third kappa shape index (κ3) is 4.04. The van der Waals surface area contributed by atoms with E-state index in [0.717, 1.165) is 16.3 Å². The number of rotatable bonds is 5. The topological polar surface area (TPSA) is 69.9 Å². The van der Waals surface area contributed by atoms with Crippen LogP contribution in [0.25, 0.3) is 16.8 Å². The van der Waals surface area contributed by atoms with Crippen molar-refractivity contribution in [2.24, 2.45) is 4.99 Å². The normalized spacial score (nSPS) is 15.6. The Morgan fingerprint density at radius 2 is 1.89 bits per heavy atom. The smallest absolute Gasteiger partial charge is 0.338 e. The molecule has 5 rings (SSSR count). The van der Waals surface area contributed by atoms with E-state index in [0.29, 0.717) is 36.9 Å². The molecule has 0 amide bonds. The number of carbonyl (C=O) groups excluding carboxylic acids is 1. The fraction of sp³-hybridized carbons (Fsp3) is 0.179. The lowest BCUT2D eigenvalue weighted by Gasteiger charge is -2.25. The number of methoxy groups -OCH3 is 1. The van der Waals surface area contributed by atoms with Crippen LogP contribution >= 0.6 is 22.9 Å². The van der Waals surface area contributed by atoms with E-state index in [1.54, 1.807) is 27.0 Å². The summed E-state index contributed by atoms with van der Waals surface area (Å²) in [6.07, 6.45) is 1.83. The first-order chi connectivity index (χ1) is 17.4. The predicted octanol–water partition coefficient (Wildman–Crippen LogP) is 4.61. The number of esters is 1. The molecule has 1 aliphatic heterocycles. The molecule has 1 aliphatic rings. The largest absolute Gasteiger partial charge is 0.496 e. The van der Waals surface area contributed by atoms with Gasteiger partial charge in [-0.05, 0) is 48.4 Å². The van der Waals surface area contributed by atoms with Crippen LogP contribution in [0.1, 0.15) is 31.0 Å². The molecule has 0 radical (unpaired) electrons. The summed E-state index contributed by atoms with van der Waals surface area (Å²) in [5.41, 5.74) is 1.96. The van der Waals surface area contributed by atoms with Crippen LogP contribution in [0.2, 0.25) is 5.02 Å². The molecule has 182 valence electrons. The first kappa shape index (κ1) is 24.0. The first-order valence-corrected chi connectivity index (χ1v) is 12.6. The molecule has 0 N–H and O–H groups in total. The minimum atomic E-state index is -0.759. The second-order valence-corrected chi connectivity index (χ2v) is 9.64. The van der Waals surface area contributed by atoms with Gasteiger partial charge in [0.15, 0.2) is 4.80 Å². The maximum absolute atomic E-state index is 13.9. The van der Waals surface area contributed by atoms with Gasteiger partial charge in [0.25, 0.3) is 5.56 Å². The van der Waals surface area contributed by atoms with Gasteiger partial charge in [-0.1, -0.05) is 71.5 Å². The molecule has 0 fully saturated rings. The molecule has 0 spiro atoms. The summed E-state index contributed by atoms with van der Waals surface area (Å²) in [5.74, 6) is 0.138. The minimum Gasteiger partial charge on any atom is -0.496 e. The highest BCUT2D eigenvalue weighted by molar-refractivity contribution is 7.07. The van der Waals surface area contributed by atoms with Gasteiger partial charge in [0.2, 0.25) is 0 Å². The average molecular weight is 519 g/mol. The van der Waals surface area contributed by atoms with E-state index in [1.165, 1.54) is 15.9 Å². The van der Waals surface area contributed by atoms with Gasteiger partial charge >= 0.3 is 5.97 Å². The van der Waals surface area contributed by atoms with Crippen molar-refractivity contribution in [3.63, 3.8) is 0 Å². The average Bonchev–Trinajstić information content (AvgIpc) is 3.18. The van der Waals surface area contributed by atoms with Crippen molar-refractivity contribution in [2.75, 3.05) is 13.7 Å². The Hall–Kier alpha value is -3.68. The third-order valence-electron chi connectivity index (χ3n) is 6.14. The third-order valence-corrected chi connectivity index (χ3v) is 7.47. The predicted molar refractivity (Wildman–Crippen MR) is 142 cm³/mol. The van der Waals surface area contributed by atoms with Gasteiger partial charge < -0.3 is 9.47 Å². The number of thiazole rings is 1. The highest BCUT2D eigenvalue weighted by Crippen LogP contribution is 2.34. The van der Waals surface area contributed by atoms with Crippen LogP contribution in [0.3, 0.4) is 0 Å². The minimum absolute atomic E-state index is 0.205. The second kappa shape index (κ2) is 9.76. The zero-order valence-corrected chi connectivity index (χ0v) is 21.5. The van der Waals surface area contributed by atoms with Crippen molar-refractivity contribution in [3.8, 4) is 5.75 Å². The number of ether oxygens (including phenoxy) is 2. The summed E-state index contributed by atoms with van der Waals surface area (Å²) in [5, 5.41) is 2.45. The van der Waals surface area contributed by atoms with E-state index in [9.17, 15) is 9.59 Å². The number of nitrogens with zero attached hydrogens (tertiary/aromatic N) is 2. The van der Waals surface area contributed by atoms with Gasteiger partial charge in [0.1, 0.15) is 11.8 Å². The lowest BCUT2D eigenvalue weighted by atomic mass is 9.96. The van der Waals surface area contributed by atoms with Crippen molar-refractivity contribution in [3.05, 3.63) is 108 Å². The number of halogens is 1. The highest BCUT2D eigenvalue weighted by Gasteiger charge is 2.34. The van der Waals surface area contributed by atoms with Crippen molar-refractivity contribution < 1.29 is 14.3 Å². The van der Waals surface area contributed by atoms with Crippen molar-refractivity contribution >= 4 is 45.8 Å². The van der Waals surface area contributed by atoms with Crippen LogP contribution in [0.15, 0.2) is 81.7 Å². The number of fused-ring (bicyclic) bond motifs is 2. The van der Waals surface area contributed by atoms with E-state index in [1.807, 2.05) is 60.7 Å². The molecule has 2 heterocycles. The molecule has 36 heavy (non-hydrogen) atoms. The Labute approximate surface area is 216 Å². The molecule has 3 aromatic carbocycles. The summed E-state index contributed by atoms with van der Waals surface area (Å²) >= 11 is 7.83. The molecule has 0 aliphatic carbocycles. The van der Waals surface area contributed by atoms with E-state index in [4.69, 9.17) is 21.1 Å². The summed E-state index contributed by atoms with van der Waals surface area (Å²) in [4.78, 5) is 32.1. The number of benzene rings is 3. The molecule has 0 bridgehead atoms. The lowest BCUT2D eigenvalue weighted by Crippen LogP contribution is -2.40. The van der Waals surface area contributed by atoms with E-state index < -0.39 is 12.0 Å². The standard InChI is InChI=1S/C28H23ClN2O4S/c1-4-35-27(33)24-16(2)30-28-31(25(24)19-11-7-8-12-21(19)29)26(32)23(36-28)15-20-18-10-6-5-9-17(18)13-14-22(20)34-3/h5-15,25H,4H2,1-3H3/b23-15-/t25-/m1/s1. The molecule has 1 atom stereocenters. The van der Waals surface area contributed by atoms with Gasteiger partial charge in [-0.25, -0.2) is 9.79 Å².